The summed E-state index contributed by atoms with van der Waals surface area (Å²) in [4.78, 5) is 18.4. The topological polar surface area (TPSA) is 85.3 Å². The van der Waals surface area contributed by atoms with Crippen LogP contribution in [0.25, 0.3) is 11.2 Å². The van der Waals surface area contributed by atoms with Crippen molar-refractivity contribution in [1.82, 2.24) is 29.6 Å². The maximum Gasteiger partial charge on any atom is 0.165 e. The van der Waals surface area contributed by atoms with Crippen LogP contribution in [0.3, 0.4) is 0 Å². The first-order valence-electron chi connectivity index (χ1n) is 8.71. The SMILES string of the molecule is Cc1cc(CN(C)Cc2nc(N3CCOCC3)c3ncn(C)c3n2)no1. The average molecular weight is 357 g/mol. The van der Waals surface area contributed by atoms with Crippen molar-refractivity contribution in [2.45, 2.75) is 20.0 Å². The molecule has 9 nitrogen and oxygen atoms in total. The van der Waals surface area contributed by atoms with Crippen LogP contribution in [-0.2, 0) is 24.9 Å². The molecule has 0 aliphatic carbocycles. The second kappa shape index (κ2) is 7.00. The fourth-order valence-electron chi connectivity index (χ4n) is 3.17. The Labute approximate surface area is 151 Å². The minimum absolute atomic E-state index is 0.615. The predicted molar refractivity (Wildman–Crippen MR) is 95.7 cm³/mol. The van der Waals surface area contributed by atoms with E-state index in [4.69, 9.17) is 19.2 Å². The lowest BCUT2D eigenvalue weighted by Crippen LogP contribution is -2.37. The predicted octanol–water partition coefficient (Wildman–Crippen LogP) is 1.13. The molecule has 0 aromatic carbocycles. The summed E-state index contributed by atoms with van der Waals surface area (Å²) in [6.07, 6.45) is 1.79. The molecule has 1 saturated heterocycles. The van der Waals surface area contributed by atoms with E-state index in [9.17, 15) is 0 Å². The Bertz CT molecular complexity index is 898. The number of morpholine rings is 1. The molecule has 0 bridgehead atoms. The van der Waals surface area contributed by atoms with Crippen LogP contribution in [0.5, 0.6) is 0 Å². The molecule has 138 valence electrons. The molecular formula is C17H23N7O2. The summed E-state index contributed by atoms with van der Waals surface area (Å²) >= 11 is 0. The first kappa shape index (κ1) is 16.9. The van der Waals surface area contributed by atoms with E-state index in [1.54, 1.807) is 6.33 Å². The van der Waals surface area contributed by atoms with Gasteiger partial charge in [-0.2, -0.15) is 0 Å². The number of nitrogens with zero attached hydrogens (tertiary/aromatic N) is 7. The van der Waals surface area contributed by atoms with Gasteiger partial charge in [0.05, 0.1) is 31.8 Å². The second-order valence-corrected chi connectivity index (χ2v) is 6.69. The maximum atomic E-state index is 5.47. The Hall–Kier alpha value is -2.52. The third kappa shape index (κ3) is 3.40. The third-order valence-electron chi connectivity index (χ3n) is 4.42. The average Bonchev–Trinajstić information content (AvgIpc) is 3.21. The molecule has 4 rings (SSSR count). The highest BCUT2D eigenvalue weighted by Crippen LogP contribution is 2.23. The number of anilines is 1. The standard InChI is InChI=1S/C17H23N7O2/c1-12-8-13(21-26-12)9-22(2)10-14-19-16-15(18-11-23(16)3)17(20-14)24-4-6-25-7-5-24/h8,11H,4-7,9-10H2,1-3H3. The molecule has 3 aromatic heterocycles. The zero-order valence-corrected chi connectivity index (χ0v) is 15.3. The molecule has 0 N–H and O–H groups in total. The number of fused-ring (bicyclic) bond motifs is 1. The Morgan fingerprint density at radius 3 is 2.73 bits per heavy atom. The van der Waals surface area contributed by atoms with E-state index in [-0.39, 0.29) is 0 Å². The molecule has 9 heteroatoms. The van der Waals surface area contributed by atoms with E-state index >= 15 is 0 Å². The zero-order chi connectivity index (χ0) is 18.1. The number of rotatable bonds is 5. The van der Waals surface area contributed by atoms with Crippen molar-refractivity contribution < 1.29 is 9.26 Å². The quantitative estimate of drug-likeness (QED) is 0.672. The molecule has 0 radical (unpaired) electrons. The number of imidazole rings is 1. The molecular weight excluding hydrogens is 334 g/mol. The molecule has 0 spiro atoms. The van der Waals surface area contributed by atoms with Gasteiger partial charge < -0.3 is 18.7 Å². The largest absolute Gasteiger partial charge is 0.378 e. The molecule has 0 atom stereocenters. The van der Waals surface area contributed by atoms with Gasteiger partial charge in [-0.15, -0.1) is 0 Å². The van der Waals surface area contributed by atoms with Crippen molar-refractivity contribution in [3.05, 3.63) is 29.7 Å². The number of aryl methyl sites for hydroxylation is 2. The van der Waals surface area contributed by atoms with Crippen LogP contribution in [0.4, 0.5) is 5.82 Å². The highest BCUT2D eigenvalue weighted by molar-refractivity contribution is 5.83. The highest BCUT2D eigenvalue weighted by atomic mass is 16.5. The maximum absolute atomic E-state index is 5.47. The number of hydrogen-bond acceptors (Lipinski definition) is 8. The van der Waals surface area contributed by atoms with E-state index in [2.05, 4.69) is 19.9 Å². The van der Waals surface area contributed by atoms with Crippen LogP contribution < -0.4 is 4.90 Å². The minimum Gasteiger partial charge on any atom is -0.378 e. The zero-order valence-electron chi connectivity index (χ0n) is 15.3. The number of hydrogen-bond donors (Lipinski definition) is 0. The van der Waals surface area contributed by atoms with E-state index in [1.165, 1.54) is 0 Å². The van der Waals surface area contributed by atoms with Gasteiger partial charge in [-0.25, -0.2) is 15.0 Å². The van der Waals surface area contributed by atoms with Crippen LogP contribution >= 0.6 is 0 Å². The normalized spacial score (nSPS) is 15.3. The summed E-state index contributed by atoms with van der Waals surface area (Å²) in [5, 5.41) is 4.05. The lowest BCUT2D eigenvalue weighted by Gasteiger charge is -2.28. The van der Waals surface area contributed by atoms with Crippen LogP contribution in [-0.4, -0.2) is 62.9 Å². The van der Waals surface area contributed by atoms with Gasteiger partial charge in [0, 0.05) is 32.7 Å². The molecule has 0 amide bonds. The van der Waals surface area contributed by atoms with Crippen molar-refractivity contribution >= 4 is 17.0 Å². The third-order valence-corrected chi connectivity index (χ3v) is 4.42. The van der Waals surface area contributed by atoms with Crippen molar-refractivity contribution in [3.63, 3.8) is 0 Å². The van der Waals surface area contributed by atoms with Crippen molar-refractivity contribution in [2.24, 2.45) is 7.05 Å². The van der Waals surface area contributed by atoms with Crippen LogP contribution in [0.1, 0.15) is 17.3 Å². The fraction of sp³-hybridized carbons (Fsp3) is 0.529. The van der Waals surface area contributed by atoms with E-state index in [1.807, 2.05) is 31.7 Å². The van der Waals surface area contributed by atoms with Crippen molar-refractivity contribution in [2.75, 3.05) is 38.3 Å². The summed E-state index contributed by atoms with van der Waals surface area (Å²) in [5.41, 5.74) is 2.59. The van der Waals surface area contributed by atoms with Gasteiger partial charge in [0.15, 0.2) is 17.0 Å². The van der Waals surface area contributed by atoms with Gasteiger partial charge in [0.25, 0.3) is 0 Å². The van der Waals surface area contributed by atoms with Gasteiger partial charge in [-0.3, -0.25) is 4.90 Å². The van der Waals surface area contributed by atoms with Crippen LogP contribution in [0, 0.1) is 6.92 Å². The molecule has 26 heavy (non-hydrogen) atoms. The number of ether oxygens (including phenoxy) is 1. The van der Waals surface area contributed by atoms with E-state index in [0.717, 1.165) is 47.3 Å². The van der Waals surface area contributed by atoms with Gasteiger partial charge >= 0.3 is 0 Å². The summed E-state index contributed by atoms with van der Waals surface area (Å²) in [5.74, 6) is 2.47. The summed E-state index contributed by atoms with van der Waals surface area (Å²) in [6, 6.07) is 1.95. The smallest absolute Gasteiger partial charge is 0.165 e. The molecule has 1 fully saturated rings. The van der Waals surface area contributed by atoms with Gasteiger partial charge in [-0.05, 0) is 14.0 Å². The summed E-state index contributed by atoms with van der Waals surface area (Å²) < 4.78 is 12.5. The second-order valence-electron chi connectivity index (χ2n) is 6.69. The van der Waals surface area contributed by atoms with Crippen LogP contribution in [0.15, 0.2) is 16.9 Å². The Morgan fingerprint density at radius 1 is 1.19 bits per heavy atom. The fourth-order valence-corrected chi connectivity index (χ4v) is 3.17. The monoisotopic (exact) mass is 357 g/mol. The molecule has 4 heterocycles. The van der Waals surface area contributed by atoms with Crippen molar-refractivity contribution in [3.8, 4) is 0 Å². The first-order chi connectivity index (χ1) is 12.6. The lowest BCUT2D eigenvalue weighted by atomic mass is 10.3. The Kier molecular flexibility index (Phi) is 4.56. The Morgan fingerprint density at radius 2 is 2.00 bits per heavy atom. The highest BCUT2D eigenvalue weighted by Gasteiger charge is 2.20. The Balaban J connectivity index is 1.60. The van der Waals surface area contributed by atoms with Gasteiger partial charge in [-0.1, -0.05) is 5.16 Å². The lowest BCUT2D eigenvalue weighted by molar-refractivity contribution is 0.122. The molecule has 1 aliphatic heterocycles. The van der Waals surface area contributed by atoms with Gasteiger partial charge in [0.2, 0.25) is 0 Å². The molecule has 1 aliphatic rings. The molecule has 0 unspecified atom stereocenters. The van der Waals surface area contributed by atoms with Crippen molar-refractivity contribution in [1.29, 1.82) is 0 Å². The molecule has 3 aromatic rings. The van der Waals surface area contributed by atoms with Crippen LogP contribution in [0.2, 0.25) is 0 Å². The van der Waals surface area contributed by atoms with Gasteiger partial charge in [0.1, 0.15) is 11.6 Å². The van der Waals surface area contributed by atoms with E-state index < -0.39 is 0 Å². The summed E-state index contributed by atoms with van der Waals surface area (Å²) in [6.45, 7) is 6.23. The first-order valence-corrected chi connectivity index (χ1v) is 8.71. The summed E-state index contributed by atoms with van der Waals surface area (Å²) in [7, 11) is 3.98. The molecule has 0 saturated carbocycles. The number of aromatic nitrogens is 5. The minimum atomic E-state index is 0.615. The van der Waals surface area contributed by atoms with E-state index in [0.29, 0.717) is 26.3 Å².